The lowest BCUT2D eigenvalue weighted by atomic mass is 10.4. The third-order valence-electron chi connectivity index (χ3n) is 2.24. The summed E-state index contributed by atoms with van der Waals surface area (Å²) < 4.78 is 1.80. The Morgan fingerprint density at radius 1 is 1.47 bits per heavy atom. The van der Waals surface area contributed by atoms with Crippen molar-refractivity contribution in [2.75, 3.05) is 5.32 Å². The van der Waals surface area contributed by atoms with E-state index in [2.05, 4.69) is 20.4 Å². The predicted molar refractivity (Wildman–Crippen MR) is 58.6 cm³/mol. The van der Waals surface area contributed by atoms with E-state index in [1.54, 1.807) is 4.68 Å². The van der Waals surface area contributed by atoms with Crippen LogP contribution in [0.25, 0.3) is 0 Å². The highest BCUT2D eigenvalue weighted by molar-refractivity contribution is 5.45. The summed E-state index contributed by atoms with van der Waals surface area (Å²) in [5.74, 6) is 0.940. The molecule has 0 unspecified atom stereocenters. The molecule has 0 aromatic carbocycles. The minimum Gasteiger partial charge on any atom is -0.377 e. The van der Waals surface area contributed by atoms with Crippen LogP contribution in [-0.4, -0.2) is 19.7 Å². The molecule has 2 aromatic heterocycles. The van der Waals surface area contributed by atoms with Gasteiger partial charge in [-0.05, 0) is 13.8 Å². The van der Waals surface area contributed by atoms with E-state index >= 15 is 0 Å². The normalized spacial score (nSPS) is 10.6. The van der Waals surface area contributed by atoms with Crippen molar-refractivity contribution < 1.29 is 0 Å². The van der Waals surface area contributed by atoms with Crippen molar-refractivity contribution in [1.29, 1.82) is 0 Å². The minimum absolute atomic E-state index is 0.743. The van der Waals surface area contributed by atoms with Crippen LogP contribution in [-0.2, 0) is 13.6 Å². The molecule has 0 amide bonds. The third kappa shape index (κ3) is 2.18. The number of hydrogen-bond acceptors (Lipinski definition) is 3. The maximum Gasteiger partial charge on any atom is 0.103 e. The van der Waals surface area contributed by atoms with Crippen LogP contribution in [0.3, 0.4) is 0 Å². The molecule has 0 spiro atoms. The molecule has 0 saturated carbocycles. The number of aryl methyl sites for hydroxylation is 3. The van der Waals surface area contributed by atoms with E-state index in [-0.39, 0.29) is 0 Å². The van der Waals surface area contributed by atoms with Gasteiger partial charge < -0.3 is 10.3 Å². The molecule has 80 valence electrons. The SMILES string of the molecule is Cc1ncc(CNc2cn(C)nc2C)[nH]1. The van der Waals surface area contributed by atoms with Gasteiger partial charge in [-0.3, -0.25) is 4.68 Å². The number of aromatic amines is 1. The molecule has 0 bridgehead atoms. The summed E-state index contributed by atoms with van der Waals surface area (Å²) in [6.45, 7) is 4.67. The Hall–Kier alpha value is -1.78. The fraction of sp³-hybridized carbons (Fsp3) is 0.400. The molecular weight excluding hydrogens is 190 g/mol. The number of imidazole rings is 1. The number of nitrogens with one attached hydrogen (secondary N) is 2. The molecule has 0 aliphatic carbocycles. The zero-order valence-corrected chi connectivity index (χ0v) is 9.20. The second-order valence-corrected chi connectivity index (χ2v) is 3.65. The maximum atomic E-state index is 4.26. The summed E-state index contributed by atoms with van der Waals surface area (Å²) in [6.07, 6.45) is 3.81. The second-order valence-electron chi connectivity index (χ2n) is 3.65. The van der Waals surface area contributed by atoms with Crippen molar-refractivity contribution in [3.63, 3.8) is 0 Å². The van der Waals surface area contributed by atoms with E-state index in [4.69, 9.17) is 0 Å². The number of anilines is 1. The molecular formula is C10H15N5. The summed E-state index contributed by atoms with van der Waals surface area (Å²) in [5.41, 5.74) is 3.15. The Morgan fingerprint density at radius 2 is 2.27 bits per heavy atom. The molecule has 0 aliphatic rings. The zero-order chi connectivity index (χ0) is 10.8. The molecule has 2 aromatic rings. The van der Waals surface area contributed by atoms with Gasteiger partial charge in [0, 0.05) is 13.2 Å². The van der Waals surface area contributed by atoms with Crippen molar-refractivity contribution in [2.45, 2.75) is 20.4 Å². The van der Waals surface area contributed by atoms with Crippen molar-refractivity contribution in [3.05, 3.63) is 29.6 Å². The van der Waals surface area contributed by atoms with E-state index in [1.807, 2.05) is 33.3 Å². The van der Waals surface area contributed by atoms with Gasteiger partial charge in [0.1, 0.15) is 5.82 Å². The first-order valence-corrected chi connectivity index (χ1v) is 4.90. The number of rotatable bonds is 3. The van der Waals surface area contributed by atoms with E-state index in [9.17, 15) is 0 Å². The molecule has 0 fully saturated rings. The highest BCUT2D eigenvalue weighted by Crippen LogP contribution is 2.12. The molecule has 5 nitrogen and oxygen atoms in total. The van der Waals surface area contributed by atoms with Crippen molar-refractivity contribution in [2.24, 2.45) is 7.05 Å². The predicted octanol–water partition coefficient (Wildman–Crippen LogP) is 1.37. The molecule has 0 saturated heterocycles. The summed E-state index contributed by atoms with van der Waals surface area (Å²) in [6, 6.07) is 0. The van der Waals surface area contributed by atoms with Gasteiger partial charge in [-0.2, -0.15) is 5.10 Å². The van der Waals surface area contributed by atoms with Crippen LogP contribution < -0.4 is 5.32 Å². The monoisotopic (exact) mass is 205 g/mol. The molecule has 15 heavy (non-hydrogen) atoms. The van der Waals surface area contributed by atoms with E-state index in [0.29, 0.717) is 0 Å². The van der Waals surface area contributed by atoms with Gasteiger partial charge in [0.15, 0.2) is 0 Å². The second kappa shape index (κ2) is 3.76. The highest BCUT2D eigenvalue weighted by Gasteiger charge is 2.02. The molecule has 5 heteroatoms. The van der Waals surface area contributed by atoms with E-state index < -0.39 is 0 Å². The zero-order valence-electron chi connectivity index (χ0n) is 9.20. The van der Waals surface area contributed by atoms with Gasteiger partial charge in [0.25, 0.3) is 0 Å². The lowest BCUT2D eigenvalue weighted by Gasteiger charge is -2.01. The van der Waals surface area contributed by atoms with Crippen LogP contribution in [0.5, 0.6) is 0 Å². The fourth-order valence-electron chi connectivity index (χ4n) is 1.53. The van der Waals surface area contributed by atoms with Gasteiger partial charge in [-0.15, -0.1) is 0 Å². The van der Waals surface area contributed by atoms with Gasteiger partial charge in [0.2, 0.25) is 0 Å². The van der Waals surface area contributed by atoms with E-state index in [0.717, 1.165) is 29.4 Å². The molecule has 0 atom stereocenters. The summed E-state index contributed by atoms with van der Waals surface area (Å²) in [4.78, 5) is 7.31. The van der Waals surface area contributed by atoms with Crippen LogP contribution in [0.2, 0.25) is 0 Å². The van der Waals surface area contributed by atoms with Crippen LogP contribution in [0.1, 0.15) is 17.2 Å². The van der Waals surface area contributed by atoms with Crippen LogP contribution in [0, 0.1) is 13.8 Å². The largest absolute Gasteiger partial charge is 0.377 e. The third-order valence-corrected chi connectivity index (χ3v) is 2.24. The van der Waals surface area contributed by atoms with E-state index in [1.165, 1.54) is 0 Å². The molecule has 0 radical (unpaired) electrons. The topological polar surface area (TPSA) is 58.5 Å². The first kappa shape index (κ1) is 9.76. The molecule has 2 N–H and O–H groups in total. The van der Waals surface area contributed by atoms with Gasteiger partial charge >= 0.3 is 0 Å². The Kier molecular flexibility index (Phi) is 2.45. The van der Waals surface area contributed by atoms with Crippen molar-refractivity contribution in [1.82, 2.24) is 19.7 Å². The number of nitrogens with zero attached hydrogens (tertiary/aromatic N) is 3. The summed E-state index contributed by atoms with van der Waals surface area (Å²) in [7, 11) is 1.92. The Bertz CT molecular complexity index is 454. The Labute approximate surface area is 88.5 Å². The van der Waals surface area contributed by atoms with Crippen molar-refractivity contribution in [3.8, 4) is 0 Å². The van der Waals surface area contributed by atoms with Crippen molar-refractivity contribution >= 4 is 5.69 Å². The number of H-pyrrole nitrogens is 1. The van der Waals surface area contributed by atoms with Gasteiger partial charge in [-0.1, -0.05) is 0 Å². The summed E-state index contributed by atoms with van der Waals surface area (Å²) >= 11 is 0. The smallest absolute Gasteiger partial charge is 0.103 e. The quantitative estimate of drug-likeness (QED) is 0.795. The van der Waals surface area contributed by atoms with Gasteiger partial charge in [-0.25, -0.2) is 4.98 Å². The van der Waals surface area contributed by atoms with Crippen LogP contribution in [0.4, 0.5) is 5.69 Å². The Morgan fingerprint density at radius 3 is 2.80 bits per heavy atom. The number of hydrogen-bond donors (Lipinski definition) is 2. The van der Waals surface area contributed by atoms with Crippen LogP contribution in [0.15, 0.2) is 12.4 Å². The molecule has 0 aliphatic heterocycles. The minimum atomic E-state index is 0.743. The standard InChI is InChI=1S/C10H15N5/c1-7-10(6-15(3)14-7)12-5-9-4-11-8(2)13-9/h4,6,12H,5H2,1-3H3,(H,11,13). The lowest BCUT2D eigenvalue weighted by Crippen LogP contribution is -1.99. The maximum absolute atomic E-state index is 4.26. The Balaban J connectivity index is 2.01. The van der Waals surface area contributed by atoms with Gasteiger partial charge in [0.05, 0.1) is 29.8 Å². The molecule has 2 rings (SSSR count). The molecule has 2 heterocycles. The first-order chi connectivity index (χ1) is 7.15. The van der Waals surface area contributed by atoms with Crippen LogP contribution >= 0.6 is 0 Å². The summed E-state index contributed by atoms with van der Waals surface area (Å²) in [5, 5.41) is 7.57. The first-order valence-electron chi connectivity index (χ1n) is 4.90. The average molecular weight is 205 g/mol. The lowest BCUT2D eigenvalue weighted by molar-refractivity contribution is 0.756. The number of aromatic nitrogens is 4. The fourth-order valence-corrected chi connectivity index (χ4v) is 1.53. The highest BCUT2D eigenvalue weighted by atomic mass is 15.3. The average Bonchev–Trinajstić information content (AvgIpc) is 2.70.